The number of rotatable bonds is 14. The van der Waals surface area contributed by atoms with Crippen LogP contribution in [0.2, 0.25) is 0 Å². The van der Waals surface area contributed by atoms with Crippen LogP contribution in [0.25, 0.3) is 0 Å². The van der Waals surface area contributed by atoms with Crippen molar-refractivity contribution in [2.45, 2.75) is 36.6 Å². The van der Waals surface area contributed by atoms with Gasteiger partial charge in [0, 0.05) is 6.54 Å². The maximum atomic E-state index is 13.0. The van der Waals surface area contributed by atoms with Crippen molar-refractivity contribution in [3.63, 3.8) is 0 Å². The van der Waals surface area contributed by atoms with Gasteiger partial charge in [0.25, 0.3) is 0 Å². The standard InChI is InChI=1S/C26H29IN2O6S/c30-25(31)19-35-24-15-14-21(18-27-24)17-23(29-36(33,34)22-12-5-2-6-13-22)26(32)28-16-8-7-11-20-9-3-1-4-10-20/h1-6,9-10,12-15,18,23,29H,7-8,11,16-17,19H2,(H,28,32)(H,30,31)/t23-/m0/s1. The first-order valence-corrected chi connectivity index (χ1v) is 15.3. The Bertz CT molecular complexity index is 1230. The molecule has 0 bridgehead atoms. The van der Waals surface area contributed by atoms with E-state index in [0.717, 1.165) is 24.8 Å². The highest BCUT2D eigenvalue weighted by molar-refractivity contribution is 14.2. The van der Waals surface area contributed by atoms with Crippen LogP contribution in [0, 0.1) is 0 Å². The number of carbonyl (C=O) groups is 2. The summed E-state index contributed by atoms with van der Waals surface area (Å²) in [5.74, 6) is -1.44. The van der Waals surface area contributed by atoms with Gasteiger partial charge in [0.05, 0.1) is 4.90 Å². The molecule has 1 amide bonds. The predicted octanol–water partition coefficient (Wildman–Crippen LogP) is 3.52. The summed E-state index contributed by atoms with van der Waals surface area (Å²) >= 11 is -0.720. The Kier molecular flexibility index (Phi) is 11.0. The second kappa shape index (κ2) is 14.2. The van der Waals surface area contributed by atoms with Crippen LogP contribution in [0.15, 0.2) is 87.4 Å². The van der Waals surface area contributed by atoms with Crippen LogP contribution in [-0.4, -0.2) is 48.3 Å². The Morgan fingerprint density at radius 2 is 1.67 bits per heavy atom. The van der Waals surface area contributed by atoms with E-state index in [2.05, 4.69) is 22.2 Å². The first-order chi connectivity index (χ1) is 17.3. The molecule has 1 aliphatic heterocycles. The third-order valence-corrected chi connectivity index (χ3v) is 9.09. The van der Waals surface area contributed by atoms with Crippen LogP contribution >= 0.6 is 20.7 Å². The largest absolute Gasteiger partial charge is 0.480 e. The maximum absolute atomic E-state index is 13.0. The molecule has 3 rings (SSSR count). The van der Waals surface area contributed by atoms with Gasteiger partial charge in [-0.25, -0.2) is 13.2 Å². The van der Waals surface area contributed by atoms with Crippen molar-refractivity contribution < 1.29 is 27.9 Å². The molecule has 36 heavy (non-hydrogen) atoms. The Balaban J connectivity index is 1.62. The average Bonchev–Trinajstić information content (AvgIpc) is 2.88. The van der Waals surface area contributed by atoms with Gasteiger partial charge in [-0.1, -0.05) is 75.3 Å². The van der Waals surface area contributed by atoms with E-state index < -0.39 is 55.3 Å². The van der Waals surface area contributed by atoms with Crippen LogP contribution < -0.4 is 10.0 Å². The van der Waals surface area contributed by atoms with Gasteiger partial charge in [-0.3, -0.25) is 4.79 Å². The zero-order chi connectivity index (χ0) is 25.8. The molecule has 2 aromatic carbocycles. The zero-order valence-electron chi connectivity index (χ0n) is 19.6. The lowest BCUT2D eigenvalue weighted by Crippen LogP contribution is -2.47. The number of amides is 1. The first kappa shape index (κ1) is 27.9. The molecule has 1 atom stereocenters. The van der Waals surface area contributed by atoms with Crippen LogP contribution in [-0.2, 0) is 30.8 Å². The number of nitrogens with one attached hydrogen (secondary N) is 2. The van der Waals surface area contributed by atoms with Gasteiger partial charge in [-0.2, -0.15) is 4.72 Å². The number of aryl methyl sites for hydroxylation is 1. The number of allylic oxidation sites excluding steroid dienone is 1. The predicted molar refractivity (Wildman–Crippen MR) is 147 cm³/mol. The van der Waals surface area contributed by atoms with E-state index in [9.17, 15) is 18.0 Å². The zero-order valence-corrected chi connectivity index (χ0v) is 22.6. The molecule has 2 aromatic rings. The topological polar surface area (TPSA) is 122 Å². The molecule has 10 heteroatoms. The molecular formula is C26H29IN2O6S. The van der Waals surface area contributed by atoms with Crippen LogP contribution in [0.3, 0.4) is 0 Å². The molecule has 1 heterocycles. The summed E-state index contributed by atoms with van der Waals surface area (Å²) in [5.41, 5.74) is 2.03. The molecule has 0 aromatic heterocycles. The Morgan fingerprint density at radius 1 is 0.972 bits per heavy atom. The average molecular weight is 624 g/mol. The molecule has 192 valence electrons. The Morgan fingerprint density at radius 3 is 2.31 bits per heavy atom. The van der Waals surface area contributed by atoms with Gasteiger partial charge in [-0.15, -0.1) is 0 Å². The number of ether oxygens (including phenoxy) is 1. The summed E-state index contributed by atoms with van der Waals surface area (Å²) in [5, 5.41) is 11.6. The number of halogens is 1. The summed E-state index contributed by atoms with van der Waals surface area (Å²) < 4.78 is 36.1. The minimum atomic E-state index is -3.90. The van der Waals surface area contributed by atoms with E-state index in [0.29, 0.717) is 10.2 Å². The molecule has 0 spiro atoms. The lowest BCUT2D eigenvalue weighted by Gasteiger charge is -2.20. The molecule has 8 nitrogen and oxygen atoms in total. The number of hydrogen-bond acceptors (Lipinski definition) is 5. The fourth-order valence-corrected chi connectivity index (χ4v) is 6.51. The highest BCUT2D eigenvalue weighted by Crippen LogP contribution is 2.21. The fourth-order valence-electron chi connectivity index (χ4n) is 3.40. The maximum Gasteiger partial charge on any atom is 0.330 e. The molecule has 0 fully saturated rings. The van der Waals surface area contributed by atoms with Gasteiger partial charge in [0.15, 0.2) is 6.61 Å². The van der Waals surface area contributed by atoms with E-state index in [1.54, 1.807) is 30.4 Å². The fraction of sp³-hybridized carbons (Fsp3) is 0.269. The number of carboxylic acids is 1. The van der Waals surface area contributed by atoms with Gasteiger partial charge < -0.3 is 15.2 Å². The van der Waals surface area contributed by atoms with Gasteiger partial charge in [-0.05, 0) is 59.1 Å². The number of carboxylic acid groups (broad SMARTS) is 1. The second-order valence-electron chi connectivity index (χ2n) is 8.04. The third-order valence-electron chi connectivity index (χ3n) is 5.21. The van der Waals surface area contributed by atoms with Crippen molar-refractivity contribution in [2.75, 3.05) is 13.2 Å². The van der Waals surface area contributed by atoms with Crippen molar-refractivity contribution in [2.24, 2.45) is 0 Å². The Hall–Kier alpha value is -2.67. The number of aliphatic carboxylic acids is 1. The number of unbranched alkanes of at least 4 members (excludes halogenated alkanes) is 1. The molecule has 3 N–H and O–H groups in total. The van der Waals surface area contributed by atoms with Crippen LogP contribution in [0.1, 0.15) is 24.8 Å². The normalized spacial score (nSPS) is 14.2. The summed E-state index contributed by atoms with van der Waals surface area (Å²) in [7, 11) is -3.90. The summed E-state index contributed by atoms with van der Waals surface area (Å²) in [6, 6.07) is 17.0. The summed E-state index contributed by atoms with van der Waals surface area (Å²) in [6.07, 6.45) is 6.17. The van der Waals surface area contributed by atoms with Gasteiger partial charge in [0.2, 0.25) is 15.9 Å². The number of hydrogen-bond donors (Lipinski definition) is 3. The van der Waals surface area contributed by atoms with Crippen molar-refractivity contribution >= 4 is 46.3 Å². The molecule has 0 radical (unpaired) electrons. The van der Waals surface area contributed by atoms with E-state index in [-0.39, 0.29) is 11.3 Å². The van der Waals surface area contributed by atoms with Crippen molar-refractivity contribution in [1.29, 1.82) is 0 Å². The number of benzene rings is 2. The van der Waals surface area contributed by atoms with E-state index in [1.807, 2.05) is 22.3 Å². The molecule has 0 saturated heterocycles. The van der Waals surface area contributed by atoms with Crippen LogP contribution in [0.4, 0.5) is 0 Å². The van der Waals surface area contributed by atoms with Crippen molar-refractivity contribution in [1.82, 2.24) is 10.0 Å². The first-order valence-electron chi connectivity index (χ1n) is 11.4. The van der Waals surface area contributed by atoms with E-state index in [4.69, 9.17) is 9.84 Å². The van der Waals surface area contributed by atoms with Gasteiger partial charge in [0.1, 0.15) is 9.74 Å². The van der Waals surface area contributed by atoms with Gasteiger partial charge >= 0.3 is 5.97 Å². The highest BCUT2D eigenvalue weighted by Gasteiger charge is 2.26. The minimum Gasteiger partial charge on any atom is -0.480 e. The summed E-state index contributed by atoms with van der Waals surface area (Å²) in [4.78, 5) is 23.8. The van der Waals surface area contributed by atoms with E-state index >= 15 is 0 Å². The highest BCUT2D eigenvalue weighted by atomic mass is 127. The van der Waals surface area contributed by atoms with Crippen molar-refractivity contribution in [3.8, 4) is 0 Å². The monoisotopic (exact) mass is 624 g/mol. The van der Waals surface area contributed by atoms with Crippen molar-refractivity contribution in [3.05, 3.63) is 88.0 Å². The molecule has 1 aliphatic rings. The van der Waals surface area contributed by atoms with Crippen LogP contribution in [0.5, 0.6) is 0 Å². The molecule has 0 unspecified atom stereocenters. The molecular weight excluding hydrogens is 595 g/mol. The molecule has 0 aliphatic carbocycles. The Labute approximate surface area is 221 Å². The number of sulfonamides is 1. The quantitative estimate of drug-likeness (QED) is 0.219. The SMILES string of the molecule is O=C(O)COC1=IC=C(C[C@H](NS(=O)(=O)c2ccccc2)C(=O)NCCCCc2ccccc2)C=C1. The summed E-state index contributed by atoms with van der Waals surface area (Å²) in [6.45, 7) is 0.0345. The molecule has 0 saturated carbocycles. The minimum absolute atomic E-state index is 0.0870. The third kappa shape index (κ3) is 9.41. The number of carbonyl (C=O) groups excluding carboxylic acids is 1. The van der Waals surface area contributed by atoms with E-state index in [1.165, 1.54) is 17.7 Å². The lowest BCUT2D eigenvalue weighted by atomic mass is 10.1. The smallest absolute Gasteiger partial charge is 0.330 e. The second-order valence-corrected chi connectivity index (χ2v) is 12.1. The lowest BCUT2D eigenvalue weighted by molar-refractivity contribution is -0.139.